The van der Waals surface area contributed by atoms with E-state index in [1.54, 1.807) is 16.8 Å². The van der Waals surface area contributed by atoms with Gasteiger partial charge < -0.3 is 9.88 Å². The van der Waals surface area contributed by atoms with Gasteiger partial charge in [0.15, 0.2) is 6.29 Å². The number of anilines is 2. The van der Waals surface area contributed by atoms with Gasteiger partial charge in [-0.15, -0.1) is 0 Å². The number of benzene rings is 1. The number of aldehydes is 1. The molecule has 0 saturated heterocycles. The summed E-state index contributed by atoms with van der Waals surface area (Å²) in [6.45, 7) is 5.78. The second-order valence-electron chi connectivity index (χ2n) is 7.32. The first-order valence-electron chi connectivity index (χ1n) is 9.70. The van der Waals surface area contributed by atoms with Crippen molar-refractivity contribution in [2.45, 2.75) is 20.8 Å². The molecule has 0 radical (unpaired) electrons. The highest BCUT2D eigenvalue weighted by Gasteiger charge is 2.16. The quantitative estimate of drug-likeness (QED) is 0.498. The molecular weight excluding hydrogens is 390 g/mol. The van der Waals surface area contributed by atoms with E-state index >= 15 is 0 Å². The van der Waals surface area contributed by atoms with E-state index in [0.717, 1.165) is 40.2 Å². The average Bonchev–Trinajstić information content (AvgIpc) is 3.23. The number of nitrogens with zero attached hydrogens (tertiary/aromatic N) is 6. The topological polar surface area (TPSA) is 101 Å². The van der Waals surface area contributed by atoms with Crippen LogP contribution in [0.25, 0.3) is 17.1 Å². The van der Waals surface area contributed by atoms with Crippen molar-refractivity contribution in [1.82, 2.24) is 24.3 Å². The Balaban J connectivity index is 1.68. The standard InChI is InChI=1S/C23H21N7O/c1-14-11-30(16(3)19(14)12-31)21-9-20(25-13-26-21)27-23-15(2)22(28-29(23)4)18-7-5-17(10-24)6-8-18/h5-9,11-13H,1-4H3,(H,25,26,27). The van der Waals surface area contributed by atoms with E-state index in [0.29, 0.717) is 22.8 Å². The maximum Gasteiger partial charge on any atom is 0.152 e. The summed E-state index contributed by atoms with van der Waals surface area (Å²) in [6, 6.07) is 11.3. The minimum absolute atomic E-state index is 0.609. The van der Waals surface area contributed by atoms with Crippen molar-refractivity contribution in [3.8, 4) is 23.1 Å². The van der Waals surface area contributed by atoms with Crippen LogP contribution >= 0.6 is 0 Å². The van der Waals surface area contributed by atoms with Crippen molar-refractivity contribution in [3.05, 3.63) is 70.8 Å². The Bertz CT molecular complexity index is 1320. The van der Waals surface area contributed by atoms with Gasteiger partial charge in [-0.2, -0.15) is 10.4 Å². The van der Waals surface area contributed by atoms with Crippen molar-refractivity contribution < 1.29 is 4.79 Å². The third-order valence-corrected chi connectivity index (χ3v) is 5.33. The van der Waals surface area contributed by atoms with Gasteiger partial charge in [0.2, 0.25) is 0 Å². The van der Waals surface area contributed by atoms with Gasteiger partial charge in [0.25, 0.3) is 0 Å². The molecule has 1 aromatic carbocycles. The van der Waals surface area contributed by atoms with Crippen molar-refractivity contribution >= 4 is 17.9 Å². The molecule has 0 fully saturated rings. The molecule has 0 atom stereocenters. The van der Waals surface area contributed by atoms with E-state index in [-0.39, 0.29) is 0 Å². The van der Waals surface area contributed by atoms with Gasteiger partial charge in [0, 0.05) is 41.7 Å². The highest BCUT2D eigenvalue weighted by molar-refractivity contribution is 5.79. The number of carbonyl (C=O) groups is 1. The monoisotopic (exact) mass is 411 g/mol. The van der Waals surface area contributed by atoms with Crippen molar-refractivity contribution in [1.29, 1.82) is 5.26 Å². The predicted molar refractivity (Wildman–Crippen MR) is 118 cm³/mol. The third kappa shape index (κ3) is 3.57. The zero-order valence-electron chi connectivity index (χ0n) is 17.7. The minimum atomic E-state index is 0.609. The summed E-state index contributed by atoms with van der Waals surface area (Å²) >= 11 is 0. The molecule has 4 rings (SSSR count). The molecule has 0 aliphatic heterocycles. The lowest BCUT2D eigenvalue weighted by atomic mass is 10.1. The van der Waals surface area contributed by atoms with Crippen LogP contribution in [-0.4, -0.2) is 30.6 Å². The van der Waals surface area contributed by atoms with E-state index in [9.17, 15) is 4.79 Å². The molecule has 1 N–H and O–H groups in total. The Hall–Kier alpha value is -4.25. The normalized spacial score (nSPS) is 10.7. The molecule has 3 aromatic heterocycles. The smallest absolute Gasteiger partial charge is 0.152 e. The Morgan fingerprint density at radius 1 is 1.13 bits per heavy atom. The molecule has 8 nitrogen and oxygen atoms in total. The highest BCUT2D eigenvalue weighted by Crippen LogP contribution is 2.29. The fourth-order valence-corrected chi connectivity index (χ4v) is 3.64. The number of nitrogens with one attached hydrogen (secondary N) is 1. The maximum absolute atomic E-state index is 11.3. The summed E-state index contributed by atoms with van der Waals surface area (Å²) in [5.41, 5.74) is 5.73. The molecule has 0 amide bonds. The summed E-state index contributed by atoms with van der Waals surface area (Å²) in [6.07, 6.45) is 4.24. The zero-order chi connectivity index (χ0) is 22.1. The fourth-order valence-electron chi connectivity index (χ4n) is 3.64. The Morgan fingerprint density at radius 2 is 1.87 bits per heavy atom. The number of rotatable bonds is 5. The van der Waals surface area contributed by atoms with Crippen LogP contribution in [0.3, 0.4) is 0 Å². The molecular formula is C23H21N7O. The summed E-state index contributed by atoms with van der Waals surface area (Å²) in [5.74, 6) is 2.08. The third-order valence-electron chi connectivity index (χ3n) is 5.33. The van der Waals surface area contributed by atoms with Gasteiger partial charge in [-0.1, -0.05) is 12.1 Å². The molecule has 0 aliphatic rings. The Labute approximate surface area is 179 Å². The number of aryl methyl sites for hydroxylation is 2. The molecule has 8 heteroatoms. The summed E-state index contributed by atoms with van der Waals surface area (Å²) < 4.78 is 3.64. The maximum atomic E-state index is 11.3. The van der Waals surface area contributed by atoms with E-state index < -0.39 is 0 Å². The van der Waals surface area contributed by atoms with Gasteiger partial charge in [0.1, 0.15) is 23.8 Å². The van der Waals surface area contributed by atoms with E-state index in [1.807, 2.05) is 56.8 Å². The Kier molecular flexibility index (Phi) is 5.09. The molecule has 0 saturated carbocycles. The van der Waals surface area contributed by atoms with Crippen LogP contribution in [0.4, 0.5) is 11.6 Å². The second-order valence-corrected chi connectivity index (χ2v) is 7.32. The van der Waals surface area contributed by atoms with Gasteiger partial charge in [0.05, 0.1) is 17.3 Å². The zero-order valence-corrected chi connectivity index (χ0v) is 17.7. The van der Waals surface area contributed by atoms with E-state index in [4.69, 9.17) is 5.26 Å². The van der Waals surface area contributed by atoms with Crippen molar-refractivity contribution in [3.63, 3.8) is 0 Å². The van der Waals surface area contributed by atoms with Crippen LogP contribution < -0.4 is 5.32 Å². The highest BCUT2D eigenvalue weighted by atomic mass is 16.1. The summed E-state index contributed by atoms with van der Waals surface area (Å²) in [4.78, 5) is 20.1. The number of hydrogen-bond acceptors (Lipinski definition) is 6. The van der Waals surface area contributed by atoms with Crippen molar-refractivity contribution in [2.24, 2.45) is 7.05 Å². The number of nitriles is 1. The van der Waals surface area contributed by atoms with Crippen molar-refractivity contribution in [2.75, 3.05) is 5.32 Å². The van der Waals surface area contributed by atoms with Crippen LogP contribution in [0.5, 0.6) is 0 Å². The summed E-state index contributed by atoms with van der Waals surface area (Å²) in [5, 5.41) is 17.0. The van der Waals surface area contributed by atoms with E-state index in [2.05, 4.69) is 26.5 Å². The SMILES string of the molecule is Cc1cn(-c2cc(Nc3c(C)c(-c4ccc(C#N)cc4)nn3C)ncn2)c(C)c1C=O. The largest absolute Gasteiger partial charge is 0.325 e. The Morgan fingerprint density at radius 3 is 2.52 bits per heavy atom. The average molecular weight is 411 g/mol. The first-order chi connectivity index (χ1) is 14.9. The van der Waals surface area contributed by atoms with Crippen LogP contribution in [0.1, 0.15) is 32.7 Å². The number of aromatic nitrogens is 5. The van der Waals surface area contributed by atoms with Gasteiger partial charge in [-0.25, -0.2) is 9.97 Å². The molecule has 0 bridgehead atoms. The van der Waals surface area contributed by atoms with Crippen LogP contribution in [-0.2, 0) is 7.05 Å². The lowest BCUT2D eigenvalue weighted by molar-refractivity contribution is 0.112. The molecule has 0 spiro atoms. The minimum Gasteiger partial charge on any atom is -0.325 e. The molecule has 3 heterocycles. The van der Waals surface area contributed by atoms with Gasteiger partial charge in [-0.05, 0) is 38.5 Å². The molecule has 0 aliphatic carbocycles. The number of hydrogen-bond donors (Lipinski definition) is 1. The van der Waals surface area contributed by atoms with Gasteiger partial charge >= 0.3 is 0 Å². The lowest BCUT2D eigenvalue weighted by Crippen LogP contribution is -2.05. The summed E-state index contributed by atoms with van der Waals surface area (Å²) in [7, 11) is 1.86. The molecule has 154 valence electrons. The second kappa shape index (κ2) is 7.88. The first-order valence-corrected chi connectivity index (χ1v) is 9.70. The van der Waals surface area contributed by atoms with Crippen LogP contribution in [0, 0.1) is 32.1 Å². The molecule has 4 aromatic rings. The van der Waals surface area contributed by atoms with Gasteiger partial charge in [-0.3, -0.25) is 9.48 Å². The molecule has 0 unspecified atom stereocenters. The number of carbonyl (C=O) groups excluding carboxylic acids is 1. The van der Waals surface area contributed by atoms with Crippen LogP contribution in [0.2, 0.25) is 0 Å². The predicted octanol–water partition coefficient (Wildman–Crippen LogP) is 4.02. The molecule has 31 heavy (non-hydrogen) atoms. The van der Waals surface area contributed by atoms with E-state index in [1.165, 1.54) is 6.33 Å². The van der Waals surface area contributed by atoms with Crippen LogP contribution in [0.15, 0.2) is 42.9 Å². The lowest BCUT2D eigenvalue weighted by Gasteiger charge is -2.10. The first kappa shape index (κ1) is 20.0. The fraction of sp³-hybridized carbons (Fsp3) is 0.174.